The van der Waals surface area contributed by atoms with Crippen LogP contribution in [0.3, 0.4) is 0 Å². The van der Waals surface area contributed by atoms with Crippen LogP contribution in [0.25, 0.3) is 0 Å². The molecule has 1 aliphatic rings. The lowest BCUT2D eigenvalue weighted by atomic mass is 9.96. The highest BCUT2D eigenvalue weighted by atomic mass is 79.9. The normalized spacial score (nSPS) is 21.4. The molecule has 2 aromatic rings. The van der Waals surface area contributed by atoms with Gasteiger partial charge in [-0.15, -0.1) is 0 Å². The molecule has 0 amide bonds. The Morgan fingerprint density at radius 3 is 2.52 bits per heavy atom. The summed E-state index contributed by atoms with van der Waals surface area (Å²) >= 11 is 20.0. The van der Waals surface area contributed by atoms with Crippen LogP contribution in [-0.4, -0.2) is 17.1 Å². The summed E-state index contributed by atoms with van der Waals surface area (Å²) in [4.78, 5) is 5.16. The first-order valence-electron chi connectivity index (χ1n) is 6.45. The largest absolute Gasteiger partial charge is 0.283 e. The van der Waals surface area contributed by atoms with Gasteiger partial charge in [-0.1, -0.05) is 79.3 Å². The minimum Gasteiger partial charge on any atom is -0.283 e. The molecule has 0 aliphatic carbocycles. The molecule has 1 nitrogen and oxygen atoms in total. The van der Waals surface area contributed by atoms with Gasteiger partial charge in [-0.3, -0.25) is 4.99 Å². The standard InChI is InChI=1S/C16H11Br2Cl2N/c17-13-8-21-16(11-3-1-2-4-14(11)20)12-7-9(19)5-6-10(12)15(13)18/h1-7,13,15H,8H2/t13-,15-/m1/s1. The Labute approximate surface area is 150 Å². The number of aliphatic imine (C=N–C) groups is 1. The number of nitrogens with zero attached hydrogens (tertiary/aromatic N) is 1. The lowest BCUT2D eigenvalue weighted by Crippen LogP contribution is -2.09. The van der Waals surface area contributed by atoms with E-state index in [-0.39, 0.29) is 9.65 Å². The molecule has 1 heterocycles. The fourth-order valence-electron chi connectivity index (χ4n) is 2.41. The van der Waals surface area contributed by atoms with Crippen molar-refractivity contribution >= 4 is 60.8 Å². The fraction of sp³-hybridized carbons (Fsp3) is 0.188. The maximum absolute atomic E-state index is 6.35. The molecule has 108 valence electrons. The molecule has 21 heavy (non-hydrogen) atoms. The van der Waals surface area contributed by atoms with Gasteiger partial charge >= 0.3 is 0 Å². The first-order valence-corrected chi connectivity index (χ1v) is 9.04. The van der Waals surface area contributed by atoms with Crippen LogP contribution < -0.4 is 0 Å². The number of halogens is 4. The molecule has 0 spiro atoms. The average Bonchev–Trinajstić information content (AvgIpc) is 2.59. The molecule has 0 bridgehead atoms. The molecule has 5 heteroatoms. The van der Waals surface area contributed by atoms with Crippen LogP contribution in [-0.2, 0) is 0 Å². The van der Waals surface area contributed by atoms with Crippen LogP contribution in [0.5, 0.6) is 0 Å². The Kier molecular flexibility index (Phi) is 4.75. The monoisotopic (exact) mass is 445 g/mol. The van der Waals surface area contributed by atoms with Gasteiger partial charge in [0, 0.05) is 21.2 Å². The molecule has 2 atom stereocenters. The molecule has 3 rings (SSSR count). The number of rotatable bonds is 1. The van der Waals surface area contributed by atoms with Gasteiger partial charge in [0.2, 0.25) is 0 Å². The van der Waals surface area contributed by atoms with Crippen LogP contribution in [0.1, 0.15) is 21.5 Å². The second-order valence-electron chi connectivity index (χ2n) is 4.82. The Morgan fingerprint density at radius 2 is 1.76 bits per heavy atom. The molecule has 0 radical (unpaired) electrons. The third-order valence-corrected chi connectivity index (χ3v) is 6.66. The minimum absolute atomic E-state index is 0.175. The third kappa shape index (κ3) is 3.07. The lowest BCUT2D eigenvalue weighted by molar-refractivity contribution is 0.872. The van der Waals surface area contributed by atoms with E-state index >= 15 is 0 Å². The van der Waals surface area contributed by atoms with E-state index in [4.69, 9.17) is 28.2 Å². The highest BCUT2D eigenvalue weighted by Gasteiger charge is 2.27. The minimum atomic E-state index is 0.175. The number of fused-ring (bicyclic) bond motifs is 1. The van der Waals surface area contributed by atoms with Crippen molar-refractivity contribution in [2.24, 2.45) is 4.99 Å². The van der Waals surface area contributed by atoms with Gasteiger partial charge in [0.15, 0.2) is 0 Å². The zero-order valence-electron chi connectivity index (χ0n) is 10.9. The predicted octanol–water partition coefficient (Wildman–Crippen LogP) is 6.04. The Bertz CT molecular complexity index is 715. The summed E-state index contributed by atoms with van der Waals surface area (Å²) in [5.74, 6) is 0. The zero-order valence-corrected chi connectivity index (χ0v) is 15.5. The average molecular weight is 448 g/mol. The molecule has 0 saturated carbocycles. The number of benzene rings is 2. The van der Waals surface area contributed by atoms with E-state index in [0.29, 0.717) is 16.6 Å². The summed E-state index contributed by atoms with van der Waals surface area (Å²) in [6.07, 6.45) is 0. The molecule has 0 unspecified atom stereocenters. The Hall–Kier alpha value is -0.350. The van der Waals surface area contributed by atoms with Crippen LogP contribution >= 0.6 is 55.1 Å². The van der Waals surface area contributed by atoms with Gasteiger partial charge in [0.1, 0.15) is 0 Å². The van der Waals surface area contributed by atoms with Gasteiger partial charge in [0.25, 0.3) is 0 Å². The maximum Gasteiger partial charge on any atom is 0.0738 e. The van der Waals surface area contributed by atoms with Crippen molar-refractivity contribution in [1.29, 1.82) is 0 Å². The van der Waals surface area contributed by atoms with E-state index in [1.165, 1.54) is 0 Å². The fourth-order valence-corrected chi connectivity index (χ4v) is 3.80. The second-order valence-corrected chi connectivity index (χ2v) is 7.82. The zero-order chi connectivity index (χ0) is 15.0. The third-order valence-electron chi connectivity index (χ3n) is 3.44. The van der Waals surface area contributed by atoms with E-state index in [0.717, 1.165) is 22.4 Å². The van der Waals surface area contributed by atoms with Gasteiger partial charge in [-0.25, -0.2) is 0 Å². The van der Waals surface area contributed by atoms with Crippen LogP contribution in [0.2, 0.25) is 10.0 Å². The van der Waals surface area contributed by atoms with Gasteiger partial charge in [-0.2, -0.15) is 0 Å². The number of hydrogen-bond donors (Lipinski definition) is 0. The van der Waals surface area contributed by atoms with Gasteiger partial charge < -0.3 is 0 Å². The van der Waals surface area contributed by atoms with E-state index < -0.39 is 0 Å². The molecule has 0 N–H and O–H groups in total. The van der Waals surface area contributed by atoms with Crippen molar-refractivity contribution in [1.82, 2.24) is 0 Å². The van der Waals surface area contributed by atoms with Crippen LogP contribution in [0.15, 0.2) is 47.5 Å². The highest BCUT2D eigenvalue weighted by molar-refractivity contribution is 9.12. The number of hydrogen-bond acceptors (Lipinski definition) is 1. The summed E-state index contributed by atoms with van der Waals surface area (Å²) in [5.41, 5.74) is 4.02. The van der Waals surface area contributed by atoms with Gasteiger partial charge in [0.05, 0.1) is 21.9 Å². The van der Waals surface area contributed by atoms with Crippen molar-refractivity contribution in [3.63, 3.8) is 0 Å². The van der Waals surface area contributed by atoms with Crippen molar-refractivity contribution in [3.8, 4) is 0 Å². The maximum atomic E-state index is 6.35. The first-order chi connectivity index (χ1) is 10.1. The quantitative estimate of drug-likeness (QED) is 0.472. The molecular formula is C16H11Br2Cl2N. The molecule has 2 aromatic carbocycles. The Balaban J connectivity index is 2.24. The van der Waals surface area contributed by atoms with Crippen molar-refractivity contribution < 1.29 is 0 Å². The van der Waals surface area contributed by atoms with Crippen molar-refractivity contribution in [2.75, 3.05) is 6.54 Å². The SMILES string of the molecule is Clc1ccc2c(c1)C(c1ccccc1Cl)=NC[C@@H](Br)[C@@H]2Br. The van der Waals surface area contributed by atoms with Crippen molar-refractivity contribution in [3.05, 3.63) is 69.2 Å². The summed E-state index contributed by atoms with van der Waals surface area (Å²) in [6.45, 7) is 0.669. The predicted molar refractivity (Wildman–Crippen MR) is 97.8 cm³/mol. The summed E-state index contributed by atoms with van der Waals surface area (Å²) in [7, 11) is 0. The number of alkyl halides is 2. The van der Waals surface area contributed by atoms with E-state index in [1.807, 2.05) is 42.5 Å². The second kappa shape index (κ2) is 6.41. The summed E-state index contributed by atoms with van der Waals surface area (Å²) in [5, 5.41) is 1.39. The molecular weight excluding hydrogens is 437 g/mol. The highest BCUT2D eigenvalue weighted by Crippen LogP contribution is 2.38. The van der Waals surface area contributed by atoms with Gasteiger partial charge in [-0.05, 0) is 23.8 Å². The molecule has 0 fully saturated rings. The van der Waals surface area contributed by atoms with Crippen LogP contribution in [0, 0.1) is 0 Å². The van der Waals surface area contributed by atoms with Crippen LogP contribution in [0.4, 0.5) is 0 Å². The molecule has 1 aliphatic heterocycles. The van der Waals surface area contributed by atoms with E-state index in [2.05, 4.69) is 31.9 Å². The first kappa shape index (κ1) is 15.5. The molecule has 0 aromatic heterocycles. The molecule has 0 saturated heterocycles. The lowest BCUT2D eigenvalue weighted by Gasteiger charge is -2.16. The summed E-state index contributed by atoms with van der Waals surface area (Å²) < 4.78 is 0. The topological polar surface area (TPSA) is 12.4 Å². The Morgan fingerprint density at radius 1 is 1.00 bits per heavy atom. The van der Waals surface area contributed by atoms with Crippen molar-refractivity contribution in [2.45, 2.75) is 9.65 Å². The smallest absolute Gasteiger partial charge is 0.0738 e. The van der Waals surface area contributed by atoms with E-state index in [9.17, 15) is 0 Å². The summed E-state index contributed by atoms with van der Waals surface area (Å²) in [6, 6.07) is 13.7. The van der Waals surface area contributed by atoms with E-state index in [1.54, 1.807) is 0 Å².